The number of carbonyl (C=O) groups excluding carboxylic acids is 1. The molecular weight excluding hydrogens is 222 g/mol. The van der Waals surface area contributed by atoms with E-state index in [1.165, 1.54) is 36.0 Å². The van der Waals surface area contributed by atoms with E-state index in [4.69, 9.17) is 0 Å². The highest BCUT2D eigenvalue weighted by molar-refractivity contribution is 5.86. The van der Waals surface area contributed by atoms with E-state index in [1.54, 1.807) is 0 Å². The van der Waals surface area contributed by atoms with E-state index in [-0.39, 0.29) is 6.04 Å². The second kappa shape index (κ2) is 6.14. The van der Waals surface area contributed by atoms with Crippen molar-refractivity contribution < 1.29 is 4.79 Å². The van der Waals surface area contributed by atoms with Gasteiger partial charge in [0.25, 0.3) is 0 Å². The van der Waals surface area contributed by atoms with Gasteiger partial charge in [0.15, 0.2) is 5.78 Å². The Morgan fingerprint density at radius 3 is 2.94 bits per heavy atom. The van der Waals surface area contributed by atoms with Gasteiger partial charge < -0.3 is 5.32 Å². The summed E-state index contributed by atoms with van der Waals surface area (Å²) in [6.07, 6.45) is 5.21. The molecule has 1 aromatic rings. The van der Waals surface area contributed by atoms with Crippen LogP contribution in [0.15, 0.2) is 18.2 Å². The van der Waals surface area contributed by atoms with Gasteiger partial charge in [-0.1, -0.05) is 36.6 Å². The molecule has 1 unspecified atom stereocenters. The largest absolute Gasteiger partial charge is 0.307 e. The molecule has 1 aliphatic heterocycles. The molecule has 2 heteroatoms. The summed E-state index contributed by atoms with van der Waals surface area (Å²) in [6.45, 7) is 5.16. The van der Waals surface area contributed by atoms with Crippen LogP contribution in [0.3, 0.4) is 0 Å². The minimum atomic E-state index is 0.0763. The van der Waals surface area contributed by atoms with Crippen molar-refractivity contribution in [3.05, 3.63) is 34.9 Å². The molecule has 1 N–H and O–H groups in total. The van der Waals surface area contributed by atoms with Crippen LogP contribution in [0.2, 0.25) is 0 Å². The van der Waals surface area contributed by atoms with E-state index in [0.29, 0.717) is 12.2 Å². The predicted octanol–water partition coefficient (Wildman–Crippen LogP) is 2.95. The van der Waals surface area contributed by atoms with Gasteiger partial charge in [0.2, 0.25) is 0 Å². The Balaban J connectivity index is 2.03. The van der Waals surface area contributed by atoms with Crippen LogP contribution < -0.4 is 5.32 Å². The molecule has 2 rings (SSSR count). The molecule has 1 aliphatic rings. The molecule has 0 amide bonds. The Bertz CT molecular complexity index is 417. The van der Waals surface area contributed by atoms with E-state index in [1.807, 2.05) is 0 Å². The fourth-order valence-electron chi connectivity index (χ4n) is 2.61. The molecule has 0 bridgehead atoms. The standard InChI is InChI=1S/C16H23NO/c1-12-7-8-13(2)14(10-12)11-16(18)15-6-4-3-5-9-17-15/h7-8,10,15,17H,3-6,9,11H2,1-2H3. The lowest BCUT2D eigenvalue weighted by Crippen LogP contribution is -2.37. The highest BCUT2D eigenvalue weighted by atomic mass is 16.1. The summed E-state index contributed by atoms with van der Waals surface area (Å²) < 4.78 is 0. The molecule has 0 spiro atoms. The molecule has 1 heterocycles. The number of carbonyl (C=O) groups is 1. The third kappa shape index (κ3) is 3.42. The highest BCUT2D eigenvalue weighted by Gasteiger charge is 2.19. The normalized spacial score (nSPS) is 20.4. The van der Waals surface area contributed by atoms with Crippen LogP contribution >= 0.6 is 0 Å². The van der Waals surface area contributed by atoms with Crippen molar-refractivity contribution in [2.24, 2.45) is 0 Å². The first kappa shape index (κ1) is 13.3. The average Bonchev–Trinajstić information content (AvgIpc) is 2.62. The number of ketones is 1. The Morgan fingerprint density at radius 2 is 2.11 bits per heavy atom. The molecule has 98 valence electrons. The Hall–Kier alpha value is -1.15. The van der Waals surface area contributed by atoms with Crippen molar-refractivity contribution in [2.45, 2.75) is 52.0 Å². The second-order valence-corrected chi connectivity index (χ2v) is 5.43. The maximum Gasteiger partial charge on any atom is 0.154 e. The average molecular weight is 245 g/mol. The van der Waals surface area contributed by atoms with Gasteiger partial charge in [0, 0.05) is 6.42 Å². The van der Waals surface area contributed by atoms with Crippen LogP contribution in [0, 0.1) is 13.8 Å². The molecule has 1 atom stereocenters. The van der Waals surface area contributed by atoms with E-state index in [2.05, 4.69) is 37.4 Å². The Kier molecular flexibility index (Phi) is 4.54. The van der Waals surface area contributed by atoms with Crippen LogP contribution in [0.1, 0.15) is 42.4 Å². The summed E-state index contributed by atoms with van der Waals surface area (Å²) in [5.41, 5.74) is 3.64. The topological polar surface area (TPSA) is 29.1 Å². The lowest BCUT2D eigenvalue weighted by atomic mass is 9.96. The first-order valence-corrected chi connectivity index (χ1v) is 6.99. The molecule has 18 heavy (non-hydrogen) atoms. The number of nitrogens with one attached hydrogen (secondary N) is 1. The summed E-state index contributed by atoms with van der Waals surface area (Å²) in [6, 6.07) is 6.43. The van der Waals surface area contributed by atoms with Crippen LogP contribution in [0.5, 0.6) is 0 Å². The van der Waals surface area contributed by atoms with Gasteiger partial charge in [-0.15, -0.1) is 0 Å². The summed E-state index contributed by atoms with van der Waals surface area (Å²) in [4.78, 5) is 12.3. The van der Waals surface area contributed by atoms with Crippen LogP contribution in [-0.2, 0) is 11.2 Å². The maximum absolute atomic E-state index is 12.3. The lowest BCUT2D eigenvalue weighted by molar-refractivity contribution is -0.120. The first-order valence-electron chi connectivity index (χ1n) is 6.99. The van der Waals surface area contributed by atoms with Gasteiger partial charge in [-0.25, -0.2) is 0 Å². The third-order valence-electron chi connectivity index (χ3n) is 3.82. The molecule has 0 saturated carbocycles. The predicted molar refractivity (Wildman–Crippen MR) is 74.9 cm³/mol. The number of Topliss-reactive ketones (excluding diaryl/α,β-unsaturated/α-hetero) is 1. The minimum absolute atomic E-state index is 0.0763. The molecule has 1 aromatic carbocycles. The fraction of sp³-hybridized carbons (Fsp3) is 0.562. The molecule has 2 nitrogen and oxygen atoms in total. The number of rotatable bonds is 3. The monoisotopic (exact) mass is 245 g/mol. The van der Waals surface area contributed by atoms with Gasteiger partial charge in [0.1, 0.15) is 0 Å². The molecule has 0 aliphatic carbocycles. The summed E-state index contributed by atoms with van der Waals surface area (Å²) in [5, 5.41) is 3.39. The third-order valence-corrected chi connectivity index (χ3v) is 3.82. The molecule has 1 fully saturated rings. The smallest absolute Gasteiger partial charge is 0.154 e. The summed E-state index contributed by atoms with van der Waals surface area (Å²) in [5.74, 6) is 0.352. The van der Waals surface area contributed by atoms with E-state index in [9.17, 15) is 4.79 Å². The van der Waals surface area contributed by atoms with Crippen molar-refractivity contribution in [2.75, 3.05) is 6.54 Å². The molecule has 0 aromatic heterocycles. The van der Waals surface area contributed by atoms with Crippen LogP contribution in [0.25, 0.3) is 0 Å². The quantitative estimate of drug-likeness (QED) is 0.887. The lowest BCUT2D eigenvalue weighted by Gasteiger charge is -2.15. The van der Waals surface area contributed by atoms with Crippen molar-refractivity contribution in [3.8, 4) is 0 Å². The fourth-order valence-corrected chi connectivity index (χ4v) is 2.61. The van der Waals surface area contributed by atoms with Gasteiger partial charge >= 0.3 is 0 Å². The van der Waals surface area contributed by atoms with Gasteiger partial charge in [-0.05, 0) is 44.4 Å². The van der Waals surface area contributed by atoms with Crippen LogP contribution in [-0.4, -0.2) is 18.4 Å². The number of hydrogen-bond donors (Lipinski definition) is 1. The van der Waals surface area contributed by atoms with Crippen molar-refractivity contribution in [1.29, 1.82) is 0 Å². The second-order valence-electron chi connectivity index (χ2n) is 5.43. The van der Waals surface area contributed by atoms with Gasteiger partial charge in [-0.2, -0.15) is 0 Å². The molecule has 0 radical (unpaired) electrons. The Morgan fingerprint density at radius 1 is 1.28 bits per heavy atom. The van der Waals surface area contributed by atoms with E-state index in [0.717, 1.165) is 13.0 Å². The summed E-state index contributed by atoms with van der Waals surface area (Å²) >= 11 is 0. The zero-order valence-corrected chi connectivity index (χ0v) is 11.5. The molecule has 1 saturated heterocycles. The van der Waals surface area contributed by atoms with Crippen molar-refractivity contribution >= 4 is 5.78 Å². The van der Waals surface area contributed by atoms with Crippen LogP contribution in [0.4, 0.5) is 0 Å². The zero-order valence-electron chi connectivity index (χ0n) is 11.5. The minimum Gasteiger partial charge on any atom is -0.307 e. The highest BCUT2D eigenvalue weighted by Crippen LogP contribution is 2.15. The van der Waals surface area contributed by atoms with E-state index < -0.39 is 0 Å². The van der Waals surface area contributed by atoms with Gasteiger partial charge in [-0.3, -0.25) is 4.79 Å². The number of benzene rings is 1. The maximum atomic E-state index is 12.3. The number of aryl methyl sites for hydroxylation is 2. The van der Waals surface area contributed by atoms with Crippen molar-refractivity contribution in [3.63, 3.8) is 0 Å². The van der Waals surface area contributed by atoms with E-state index >= 15 is 0 Å². The Labute approximate surface area is 110 Å². The van der Waals surface area contributed by atoms with Gasteiger partial charge in [0.05, 0.1) is 6.04 Å². The first-order chi connectivity index (χ1) is 8.66. The SMILES string of the molecule is Cc1ccc(C)c(CC(=O)C2CCCCCN2)c1. The number of hydrogen-bond acceptors (Lipinski definition) is 2. The molecular formula is C16H23NO. The summed E-state index contributed by atoms with van der Waals surface area (Å²) in [7, 11) is 0. The van der Waals surface area contributed by atoms with Crippen molar-refractivity contribution in [1.82, 2.24) is 5.32 Å². The zero-order chi connectivity index (χ0) is 13.0.